The van der Waals surface area contributed by atoms with Gasteiger partial charge in [-0.15, -0.1) is 0 Å². The zero-order chi connectivity index (χ0) is 20.8. The van der Waals surface area contributed by atoms with E-state index in [2.05, 4.69) is 31.9 Å². The molecule has 1 aromatic heterocycles. The Morgan fingerprint density at radius 3 is 2.33 bits per heavy atom. The van der Waals surface area contributed by atoms with Crippen LogP contribution in [0.3, 0.4) is 0 Å². The fourth-order valence-electron chi connectivity index (χ4n) is 3.73. The first-order chi connectivity index (χ1) is 14.7. The third-order valence-electron chi connectivity index (χ3n) is 5.37. The van der Waals surface area contributed by atoms with E-state index in [9.17, 15) is 9.50 Å². The molecule has 6 nitrogen and oxygen atoms in total. The molecule has 4 rings (SSSR count). The summed E-state index contributed by atoms with van der Waals surface area (Å²) in [7, 11) is 0. The fourth-order valence-corrected chi connectivity index (χ4v) is 3.73. The number of aliphatic hydroxyl groups excluding tert-OH is 1. The van der Waals surface area contributed by atoms with Gasteiger partial charge in [0.1, 0.15) is 11.6 Å². The molecule has 2 aromatic carbocycles. The van der Waals surface area contributed by atoms with Crippen molar-refractivity contribution in [2.45, 2.75) is 12.6 Å². The minimum atomic E-state index is -0.256. The van der Waals surface area contributed by atoms with Gasteiger partial charge in [0.25, 0.3) is 0 Å². The average molecular weight is 408 g/mol. The van der Waals surface area contributed by atoms with E-state index < -0.39 is 0 Å². The molecule has 2 heterocycles. The molecule has 0 bridgehead atoms. The van der Waals surface area contributed by atoms with Crippen LogP contribution < -0.4 is 4.74 Å². The number of ether oxygens (including phenoxy) is 1. The maximum atomic E-state index is 13.2. The molecule has 0 amide bonds. The van der Waals surface area contributed by atoms with Crippen LogP contribution in [-0.2, 0) is 6.54 Å². The molecule has 1 atom stereocenters. The van der Waals surface area contributed by atoms with Crippen LogP contribution in [-0.4, -0.2) is 57.7 Å². The molecular formula is C23H25FN4O2. The summed E-state index contributed by atoms with van der Waals surface area (Å²) in [5.41, 5.74) is 2.17. The number of hydrogen-bond donors (Lipinski definition) is 1. The lowest BCUT2D eigenvalue weighted by molar-refractivity contribution is 0.0621. The Hall–Kier alpha value is -2.87. The van der Waals surface area contributed by atoms with E-state index in [1.807, 2.05) is 12.1 Å². The highest BCUT2D eigenvalue weighted by molar-refractivity contribution is 5.30. The van der Waals surface area contributed by atoms with Crippen molar-refractivity contribution in [3.8, 4) is 11.6 Å². The SMILES string of the molecule is OCC(c1ccc(F)cc1)N1CCN(Cc2ccc(Oc3cnccn3)cc2)CC1. The van der Waals surface area contributed by atoms with Gasteiger partial charge in [-0.1, -0.05) is 24.3 Å². The standard InChI is InChI=1S/C23H25FN4O2/c24-20-5-3-19(4-6-20)22(17-29)28-13-11-27(12-14-28)16-18-1-7-21(8-2-18)30-23-15-25-9-10-26-23/h1-10,15,22,29H,11-14,16-17H2. The first-order valence-electron chi connectivity index (χ1n) is 10.1. The number of benzene rings is 2. The lowest BCUT2D eigenvalue weighted by Gasteiger charge is -2.39. The first-order valence-corrected chi connectivity index (χ1v) is 10.1. The molecular weight excluding hydrogens is 383 g/mol. The summed E-state index contributed by atoms with van der Waals surface area (Å²) in [5, 5.41) is 9.86. The molecule has 1 unspecified atom stereocenters. The van der Waals surface area contributed by atoms with E-state index >= 15 is 0 Å². The van der Waals surface area contributed by atoms with Crippen molar-refractivity contribution < 1.29 is 14.2 Å². The third-order valence-corrected chi connectivity index (χ3v) is 5.37. The predicted octanol–water partition coefficient (Wildman–Crippen LogP) is 3.26. The van der Waals surface area contributed by atoms with Crippen molar-refractivity contribution in [3.63, 3.8) is 0 Å². The maximum absolute atomic E-state index is 13.2. The van der Waals surface area contributed by atoms with Gasteiger partial charge in [-0.2, -0.15) is 0 Å². The molecule has 1 fully saturated rings. The highest BCUT2D eigenvalue weighted by Crippen LogP contribution is 2.23. The summed E-state index contributed by atoms with van der Waals surface area (Å²) >= 11 is 0. The van der Waals surface area contributed by atoms with Crippen molar-refractivity contribution in [3.05, 3.63) is 84.1 Å². The van der Waals surface area contributed by atoms with Gasteiger partial charge < -0.3 is 9.84 Å². The Kier molecular flexibility index (Phi) is 6.63. The summed E-state index contributed by atoms with van der Waals surface area (Å²) in [6, 6.07) is 14.3. The van der Waals surface area contributed by atoms with E-state index in [1.165, 1.54) is 17.7 Å². The van der Waals surface area contributed by atoms with E-state index in [1.54, 1.807) is 30.7 Å². The number of aromatic nitrogens is 2. The first kappa shape index (κ1) is 20.4. The van der Waals surface area contributed by atoms with Gasteiger partial charge in [0.15, 0.2) is 0 Å². The molecule has 1 saturated heterocycles. The summed E-state index contributed by atoms with van der Waals surface area (Å²) < 4.78 is 18.9. The lowest BCUT2D eigenvalue weighted by atomic mass is 10.0. The summed E-state index contributed by atoms with van der Waals surface area (Å²) in [6.45, 7) is 4.43. The second-order valence-corrected chi connectivity index (χ2v) is 7.35. The Labute approximate surface area is 175 Å². The Bertz CT molecular complexity index is 914. The summed E-state index contributed by atoms with van der Waals surface area (Å²) in [5.74, 6) is 0.948. The number of rotatable bonds is 7. The van der Waals surface area contributed by atoms with Crippen molar-refractivity contribution >= 4 is 0 Å². The lowest BCUT2D eigenvalue weighted by Crippen LogP contribution is -2.47. The average Bonchev–Trinajstić information content (AvgIpc) is 2.79. The molecule has 1 N–H and O–H groups in total. The second kappa shape index (κ2) is 9.75. The van der Waals surface area contributed by atoms with Crippen molar-refractivity contribution in [1.82, 2.24) is 19.8 Å². The van der Waals surface area contributed by atoms with Gasteiger partial charge in [-0.05, 0) is 35.4 Å². The topological polar surface area (TPSA) is 61.7 Å². The number of halogens is 1. The summed E-state index contributed by atoms with van der Waals surface area (Å²) in [6.07, 6.45) is 4.79. The predicted molar refractivity (Wildman–Crippen MR) is 112 cm³/mol. The monoisotopic (exact) mass is 408 g/mol. The smallest absolute Gasteiger partial charge is 0.237 e. The van der Waals surface area contributed by atoms with Crippen LogP contribution in [0, 0.1) is 5.82 Å². The van der Waals surface area contributed by atoms with Gasteiger partial charge in [0.2, 0.25) is 5.88 Å². The van der Waals surface area contributed by atoms with Gasteiger partial charge in [-0.25, -0.2) is 9.37 Å². The third kappa shape index (κ3) is 5.18. The zero-order valence-electron chi connectivity index (χ0n) is 16.7. The second-order valence-electron chi connectivity index (χ2n) is 7.35. The number of nitrogens with zero attached hydrogens (tertiary/aromatic N) is 4. The van der Waals surface area contributed by atoms with Crippen LogP contribution in [0.2, 0.25) is 0 Å². The highest BCUT2D eigenvalue weighted by Gasteiger charge is 2.24. The number of piperazine rings is 1. The van der Waals surface area contributed by atoms with Gasteiger partial charge in [-0.3, -0.25) is 14.8 Å². The highest BCUT2D eigenvalue weighted by atomic mass is 19.1. The van der Waals surface area contributed by atoms with Crippen molar-refractivity contribution in [2.75, 3.05) is 32.8 Å². The number of aliphatic hydroxyl groups is 1. The molecule has 0 aliphatic carbocycles. The van der Waals surface area contributed by atoms with Crippen LogP contribution in [0.15, 0.2) is 67.1 Å². The van der Waals surface area contributed by atoms with Crippen LogP contribution in [0.25, 0.3) is 0 Å². The molecule has 0 radical (unpaired) electrons. The molecule has 1 aliphatic heterocycles. The Balaban J connectivity index is 1.29. The van der Waals surface area contributed by atoms with Gasteiger partial charge in [0.05, 0.1) is 18.8 Å². The van der Waals surface area contributed by atoms with Crippen molar-refractivity contribution in [1.29, 1.82) is 0 Å². The van der Waals surface area contributed by atoms with Gasteiger partial charge in [0, 0.05) is 45.1 Å². The normalized spacial score (nSPS) is 16.3. The van der Waals surface area contributed by atoms with Crippen LogP contribution in [0.4, 0.5) is 4.39 Å². The molecule has 1 aliphatic rings. The van der Waals surface area contributed by atoms with E-state index in [-0.39, 0.29) is 18.5 Å². The minimum absolute atomic E-state index is 0.0267. The van der Waals surface area contributed by atoms with Crippen LogP contribution in [0.1, 0.15) is 17.2 Å². The van der Waals surface area contributed by atoms with E-state index in [4.69, 9.17) is 4.74 Å². The van der Waals surface area contributed by atoms with Crippen molar-refractivity contribution in [2.24, 2.45) is 0 Å². The minimum Gasteiger partial charge on any atom is -0.438 e. The Morgan fingerprint density at radius 1 is 0.967 bits per heavy atom. The Morgan fingerprint density at radius 2 is 1.70 bits per heavy atom. The van der Waals surface area contributed by atoms with Gasteiger partial charge >= 0.3 is 0 Å². The fraction of sp³-hybridized carbons (Fsp3) is 0.304. The zero-order valence-corrected chi connectivity index (χ0v) is 16.7. The van der Waals surface area contributed by atoms with E-state index in [0.717, 1.165) is 44.0 Å². The van der Waals surface area contributed by atoms with Crippen LogP contribution in [0.5, 0.6) is 11.6 Å². The largest absolute Gasteiger partial charge is 0.438 e. The molecule has 7 heteroatoms. The molecule has 3 aromatic rings. The summed E-state index contributed by atoms with van der Waals surface area (Å²) in [4.78, 5) is 12.8. The molecule has 156 valence electrons. The molecule has 30 heavy (non-hydrogen) atoms. The quantitative estimate of drug-likeness (QED) is 0.648. The van der Waals surface area contributed by atoms with Crippen LogP contribution >= 0.6 is 0 Å². The number of hydrogen-bond acceptors (Lipinski definition) is 6. The molecule has 0 saturated carbocycles. The van der Waals surface area contributed by atoms with E-state index in [0.29, 0.717) is 5.88 Å². The molecule has 0 spiro atoms. The maximum Gasteiger partial charge on any atom is 0.237 e.